The number of ketones is 1. The molecule has 0 saturated heterocycles. The van der Waals surface area contributed by atoms with Crippen molar-refractivity contribution < 1.29 is 19.4 Å². The van der Waals surface area contributed by atoms with Gasteiger partial charge in [-0.3, -0.25) is 9.59 Å². The quantitative estimate of drug-likeness (QED) is 0.281. The van der Waals surface area contributed by atoms with E-state index in [1.54, 1.807) is 38.1 Å². The molecule has 7 nitrogen and oxygen atoms in total. The average molecular weight is 486 g/mol. The van der Waals surface area contributed by atoms with Gasteiger partial charge in [0.05, 0.1) is 7.11 Å². The average Bonchev–Trinajstić information content (AvgIpc) is 2.69. The van der Waals surface area contributed by atoms with Crippen molar-refractivity contribution >= 4 is 34.3 Å². The van der Waals surface area contributed by atoms with Gasteiger partial charge in [-0.15, -0.1) is 0 Å². The van der Waals surface area contributed by atoms with Gasteiger partial charge in [0.1, 0.15) is 5.82 Å². The molecule has 1 aromatic heterocycles. The number of rotatable bonds is 6. The maximum absolute atomic E-state index is 12.3. The fourth-order valence-electron chi connectivity index (χ4n) is 2.34. The normalized spacial score (nSPS) is 10.6. The van der Waals surface area contributed by atoms with Crippen molar-refractivity contribution in [3.8, 4) is 5.75 Å². The Kier molecular flexibility index (Phi) is 8.61. The number of carbonyl (C=O) groups is 2. The van der Waals surface area contributed by atoms with Crippen LogP contribution in [0.1, 0.15) is 53.4 Å². The molecule has 0 saturated carbocycles. The molecule has 8 heteroatoms. The highest BCUT2D eigenvalue weighted by Gasteiger charge is 2.28. The lowest BCUT2D eigenvalue weighted by atomic mass is 9.85. The number of nitrogens with zero attached hydrogens (tertiary/aromatic N) is 1. The predicted octanol–water partition coefficient (Wildman–Crippen LogP) is 3.25. The van der Waals surface area contributed by atoms with E-state index < -0.39 is 28.4 Å². The van der Waals surface area contributed by atoms with E-state index in [1.165, 1.54) is 0 Å². The zero-order valence-corrected chi connectivity index (χ0v) is 17.9. The van der Waals surface area contributed by atoms with Gasteiger partial charge in [-0.25, -0.2) is 9.78 Å². The molecule has 146 valence electrons. The molecule has 0 radical (unpaired) electrons. The van der Waals surface area contributed by atoms with Gasteiger partial charge in [-0.1, -0.05) is 66.8 Å². The summed E-state index contributed by atoms with van der Waals surface area (Å²) in [5, 5.41) is 9.69. The van der Waals surface area contributed by atoms with Crippen molar-refractivity contribution in [3.63, 3.8) is 0 Å². The van der Waals surface area contributed by atoms with E-state index >= 15 is 0 Å². The number of hydrogen-bond acceptors (Lipinski definition) is 6. The first-order valence-electron chi connectivity index (χ1n) is 8.14. The second-order valence-electron chi connectivity index (χ2n) is 6.28. The minimum absolute atomic E-state index is 0.0250. The molecule has 0 fully saturated rings. The Labute approximate surface area is 171 Å². The van der Waals surface area contributed by atoms with Gasteiger partial charge < -0.3 is 14.8 Å². The summed E-state index contributed by atoms with van der Waals surface area (Å²) in [4.78, 5) is 44.3. The largest absolute Gasteiger partial charge is 0.501 e. The van der Waals surface area contributed by atoms with Crippen LogP contribution in [-0.2, 0) is 10.2 Å². The number of halogens is 1. The Morgan fingerprint density at radius 3 is 2.37 bits per heavy atom. The highest BCUT2D eigenvalue weighted by Crippen LogP contribution is 2.27. The van der Waals surface area contributed by atoms with E-state index in [2.05, 4.69) is 37.3 Å². The molecule has 0 aliphatic carbocycles. The molecule has 0 spiro atoms. The van der Waals surface area contributed by atoms with Gasteiger partial charge in [0.2, 0.25) is 5.75 Å². The number of benzene rings is 1. The van der Waals surface area contributed by atoms with Gasteiger partial charge in [-0.2, -0.15) is 0 Å². The van der Waals surface area contributed by atoms with Crippen LogP contribution < -0.4 is 5.56 Å². The van der Waals surface area contributed by atoms with Crippen LogP contribution in [0.2, 0.25) is 0 Å². The molecule has 1 heterocycles. The number of ether oxygens (including phenoxy) is 1. The van der Waals surface area contributed by atoms with Crippen molar-refractivity contribution in [2.45, 2.75) is 32.1 Å². The zero-order chi connectivity index (χ0) is 20.6. The van der Waals surface area contributed by atoms with Crippen LogP contribution in [0.25, 0.3) is 0 Å². The van der Waals surface area contributed by atoms with Crippen molar-refractivity contribution in [3.05, 3.63) is 57.8 Å². The standard InChI is InChI=1S/C18H20N2O5.CH3I/c1-18(2,10-9-12(21)11-7-5-4-6-8-11)17-19-13(16(24)25-3)14(22)15(23)20-17;1-2/h4-8,22H,9-10H2,1-3H3,(H,19,20,23);1H3. The third-order valence-corrected chi connectivity index (χ3v) is 3.99. The second kappa shape index (κ2) is 10.2. The SMILES string of the molecule is CI.COC(=O)c1nc(C(C)(C)CCC(=O)c2ccccc2)[nH]c(=O)c1O. The summed E-state index contributed by atoms with van der Waals surface area (Å²) in [7, 11) is 1.13. The minimum Gasteiger partial charge on any atom is -0.501 e. The molecule has 2 N–H and O–H groups in total. The first-order valence-corrected chi connectivity index (χ1v) is 10.3. The van der Waals surface area contributed by atoms with Crippen molar-refractivity contribution in [1.82, 2.24) is 9.97 Å². The number of aromatic hydroxyl groups is 1. The number of esters is 1. The molecule has 0 bridgehead atoms. The van der Waals surface area contributed by atoms with Crippen molar-refractivity contribution in [2.75, 3.05) is 12.0 Å². The number of alkyl halides is 1. The Morgan fingerprint density at radius 1 is 1.22 bits per heavy atom. The molecule has 1 aromatic carbocycles. The first-order chi connectivity index (χ1) is 12.8. The van der Waals surface area contributed by atoms with Crippen LogP contribution in [-0.4, -0.2) is 38.9 Å². The smallest absolute Gasteiger partial charge is 0.360 e. The molecule has 0 amide bonds. The van der Waals surface area contributed by atoms with Crippen LogP contribution in [0.4, 0.5) is 0 Å². The lowest BCUT2D eigenvalue weighted by Crippen LogP contribution is -2.28. The highest BCUT2D eigenvalue weighted by atomic mass is 127. The molecular formula is C19H23IN2O5. The van der Waals surface area contributed by atoms with E-state index in [9.17, 15) is 19.5 Å². The van der Waals surface area contributed by atoms with Gasteiger partial charge in [0.15, 0.2) is 11.5 Å². The monoisotopic (exact) mass is 486 g/mol. The predicted molar refractivity (Wildman–Crippen MR) is 111 cm³/mol. The van der Waals surface area contributed by atoms with Gasteiger partial charge in [0, 0.05) is 17.4 Å². The summed E-state index contributed by atoms with van der Waals surface area (Å²) in [6.07, 6.45) is 0.643. The first kappa shape index (κ1) is 22.8. The van der Waals surface area contributed by atoms with E-state index in [0.29, 0.717) is 12.0 Å². The summed E-state index contributed by atoms with van der Waals surface area (Å²) in [6.45, 7) is 3.59. The highest BCUT2D eigenvalue weighted by molar-refractivity contribution is 14.1. The van der Waals surface area contributed by atoms with E-state index in [0.717, 1.165) is 7.11 Å². The molecule has 2 rings (SSSR count). The van der Waals surface area contributed by atoms with Crippen LogP contribution in [0.3, 0.4) is 0 Å². The summed E-state index contributed by atoms with van der Waals surface area (Å²) in [5.41, 5.74) is -1.35. The van der Waals surface area contributed by atoms with Crippen LogP contribution >= 0.6 is 22.6 Å². The van der Waals surface area contributed by atoms with Gasteiger partial charge >= 0.3 is 5.97 Å². The summed E-state index contributed by atoms with van der Waals surface area (Å²) in [5.74, 6) is -1.51. The summed E-state index contributed by atoms with van der Waals surface area (Å²) >= 11 is 2.15. The van der Waals surface area contributed by atoms with Crippen LogP contribution in [0, 0.1) is 0 Å². The molecule has 0 aliphatic heterocycles. The van der Waals surface area contributed by atoms with Crippen molar-refractivity contribution in [1.29, 1.82) is 0 Å². The van der Waals surface area contributed by atoms with E-state index in [4.69, 9.17) is 0 Å². The Morgan fingerprint density at radius 2 is 1.81 bits per heavy atom. The number of H-pyrrole nitrogens is 1. The third-order valence-electron chi connectivity index (χ3n) is 3.99. The molecule has 0 unspecified atom stereocenters. The lowest BCUT2D eigenvalue weighted by Gasteiger charge is -2.23. The van der Waals surface area contributed by atoms with Gasteiger partial charge in [-0.05, 0) is 11.4 Å². The number of aromatic nitrogens is 2. The topological polar surface area (TPSA) is 109 Å². The Hall–Kier alpha value is -2.23. The number of nitrogens with one attached hydrogen (secondary N) is 1. The van der Waals surface area contributed by atoms with E-state index in [-0.39, 0.29) is 18.0 Å². The fraction of sp³-hybridized carbons (Fsp3) is 0.368. The zero-order valence-electron chi connectivity index (χ0n) is 15.7. The third kappa shape index (κ3) is 5.88. The number of hydrogen-bond donors (Lipinski definition) is 2. The number of carbonyl (C=O) groups excluding carboxylic acids is 2. The minimum atomic E-state index is -0.902. The summed E-state index contributed by atoms with van der Waals surface area (Å²) < 4.78 is 4.53. The Bertz CT molecular complexity index is 847. The van der Waals surface area contributed by atoms with Crippen LogP contribution in [0.5, 0.6) is 5.75 Å². The van der Waals surface area contributed by atoms with Gasteiger partial charge in [0.25, 0.3) is 5.56 Å². The van der Waals surface area contributed by atoms with Crippen LogP contribution in [0.15, 0.2) is 35.1 Å². The molecule has 2 aromatic rings. The molecule has 0 aliphatic rings. The maximum Gasteiger partial charge on any atom is 0.360 e. The summed E-state index contributed by atoms with van der Waals surface area (Å²) in [6, 6.07) is 8.90. The van der Waals surface area contributed by atoms with Crippen molar-refractivity contribution in [2.24, 2.45) is 0 Å². The number of aromatic amines is 1. The molecule has 0 atom stereocenters. The number of methoxy groups -OCH3 is 1. The lowest BCUT2D eigenvalue weighted by molar-refractivity contribution is 0.0588. The fourth-order valence-corrected chi connectivity index (χ4v) is 2.34. The molecule has 27 heavy (non-hydrogen) atoms. The second-order valence-corrected chi connectivity index (χ2v) is 6.28. The van der Waals surface area contributed by atoms with E-state index in [1.807, 2.05) is 11.0 Å². The maximum atomic E-state index is 12.3. The number of Topliss-reactive ketones (excluding diaryl/α,β-unsaturated/α-hetero) is 1. The molecular weight excluding hydrogens is 463 g/mol. The Balaban J connectivity index is 0.00000176.